The van der Waals surface area contributed by atoms with Crippen molar-refractivity contribution in [3.8, 4) is 10.6 Å². The average molecular weight is 340 g/mol. The summed E-state index contributed by atoms with van der Waals surface area (Å²) in [5.41, 5.74) is 7.47. The molecule has 6 nitrogen and oxygen atoms in total. The van der Waals surface area contributed by atoms with Gasteiger partial charge in [-0.2, -0.15) is 9.61 Å². The van der Waals surface area contributed by atoms with Gasteiger partial charge in [-0.25, -0.2) is 0 Å². The highest BCUT2D eigenvalue weighted by molar-refractivity contribution is 9.10. The van der Waals surface area contributed by atoms with E-state index in [2.05, 4.69) is 31.2 Å². The van der Waals surface area contributed by atoms with Gasteiger partial charge in [-0.1, -0.05) is 27.3 Å². The smallest absolute Gasteiger partial charge is 0.235 e. The minimum Gasteiger partial charge on any atom is -0.399 e. The lowest BCUT2D eigenvalue weighted by Gasteiger charge is -1.99. The average Bonchev–Trinajstić information content (AvgIpc) is 2.90. The molecule has 0 atom stereocenters. The third-order valence-corrected chi connectivity index (χ3v) is 3.90. The molecule has 2 N–H and O–H groups in total. The largest absolute Gasteiger partial charge is 0.399 e. The summed E-state index contributed by atoms with van der Waals surface area (Å²) >= 11 is 4.89. The minimum absolute atomic E-state index is 0.380. The number of hydrogen-bond acceptors (Lipinski definition) is 6. The molecule has 0 saturated heterocycles. The number of aromatic nitrogens is 4. The van der Waals surface area contributed by atoms with E-state index in [9.17, 15) is 0 Å². The summed E-state index contributed by atoms with van der Waals surface area (Å²) in [6, 6.07) is 5.70. The number of methoxy groups -OCH3 is 1. The lowest BCUT2D eigenvalue weighted by atomic mass is 10.2. The first-order valence-corrected chi connectivity index (χ1v) is 7.05. The SMILES string of the molecule is COCc1nnc2sc(-c3cc(N)cc(Br)c3)nn12. The predicted molar refractivity (Wildman–Crippen MR) is 76.9 cm³/mol. The topological polar surface area (TPSA) is 78.3 Å². The second-order valence-corrected chi connectivity index (χ2v) is 5.80. The summed E-state index contributed by atoms with van der Waals surface area (Å²) in [4.78, 5) is 0.737. The number of nitrogen functional groups attached to an aromatic ring is 1. The number of fused-ring (bicyclic) bond motifs is 1. The number of ether oxygens (including phenoxy) is 1. The van der Waals surface area contributed by atoms with Gasteiger partial charge in [0.15, 0.2) is 5.82 Å². The second kappa shape index (κ2) is 4.87. The van der Waals surface area contributed by atoms with Crippen LogP contribution in [-0.4, -0.2) is 26.9 Å². The predicted octanol–water partition coefficient (Wildman–Crippen LogP) is 2.34. The van der Waals surface area contributed by atoms with Crippen molar-refractivity contribution < 1.29 is 4.74 Å². The number of rotatable bonds is 3. The van der Waals surface area contributed by atoms with E-state index in [-0.39, 0.29) is 0 Å². The van der Waals surface area contributed by atoms with E-state index in [1.165, 1.54) is 11.3 Å². The maximum absolute atomic E-state index is 5.84. The van der Waals surface area contributed by atoms with Crippen LogP contribution in [0.2, 0.25) is 0 Å². The van der Waals surface area contributed by atoms with E-state index >= 15 is 0 Å². The van der Waals surface area contributed by atoms with Crippen molar-refractivity contribution in [3.05, 3.63) is 28.5 Å². The molecule has 8 heteroatoms. The molecule has 0 amide bonds. The Balaban J connectivity index is 2.10. The number of benzene rings is 1. The molecule has 0 bridgehead atoms. The number of nitrogens with zero attached hydrogens (tertiary/aromatic N) is 4. The molecule has 3 aromatic rings. The van der Waals surface area contributed by atoms with Crippen LogP contribution in [0, 0.1) is 0 Å². The Labute approximate surface area is 121 Å². The van der Waals surface area contributed by atoms with Crippen LogP contribution in [0.4, 0.5) is 5.69 Å². The maximum atomic E-state index is 5.84. The fourth-order valence-electron chi connectivity index (χ4n) is 1.73. The van der Waals surface area contributed by atoms with E-state index in [1.807, 2.05) is 18.2 Å². The molecule has 1 aromatic carbocycles. The number of nitrogens with two attached hydrogens (primary N) is 1. The van der Waals surface area contributed by atoms with Crippen molar-refractivity contribution in [1.29, 1.82) is 0 Å². The molecule has 0 unspecified atom stereocenters. The van der Waals surface area contributed by atoms with Crippen molar-refractivity contribution in [2.24, 2.45) is 0 Å². The lowest BCUT2D eigenvalue weighted by molar-refractivity contribution is 0.176. The molecule has 2 aromatic heterocycles. The van der Waals surface area contributed by atoms with Crippen LogP contribution in [0.1, 0.15) is 5.82 Å². The van der Waals surface area contributed by atoms with Crippen LogP contribution in [0.25, 0.3) is 15.5 Å². The molecule has 0 spiro atoms. The van der Waals surface area contributed by atoms with Crippen LogP contribution in [-0.2, 0) is 11.3 Å². The van der Waals surface area contributed by atoms with E-state index in [4.69, 9.17) is 10.5 Å². The van der Waals surface area contributed by atoms with E-state index in [0.29, 0.717) is 18.1 Å². The van der Waals surface area contributed by atoms with Gasteiger partial charge in [0.2, 0.25) is 4.96 Å². The molecule has 0 aliphatic carbocycles. The van der Waals surface area contributed by atoms with Gasteiger partial charge >= 0.3 is 0 Å². The van der Waals surface area contributed by atoms with Gasteiger partial charge in [0.25, 0.3) is 0 Å². The maximum Gasteiger partial charge on any atom is 0.235 e. The van der Waals surface area contributed by atoms with Crippen LogP contribution in [0.15, 0.2) is 22.7 Å². The molecule has 19 heavy (non-hydrogen) atoms. The number of halogens is 1. The third-order valence-electron chi connectivity index (χ3n) is 2.50. The summed E-state index contributed by atoms with van der Waals surface area (Å²) in [5, 5.41) is 13.4. The zero-order chi connectivity index (χ0) is 13.4. The third kappa shape index (κ3) is 2.34. The van der Waals surface area contributed by atoms with Crippen molar-refractivity contribution in [2.75, 3.05) is 12.8 Å². The van der Waals surface area contributed by atoms with E-state index < -0.39 is 0 Å². The normalized spacial score (nSPS) is 11.3. The molecular weight excluding hydrogens is 330 g/mol. The summed E-state index contributed by atoms with van der Waals surface area (Å²) < 4.78 is 7.68. The summed E-state index contributed by atoms with van der Waals surface area (Å²) in [5.74, 6) is 0.683. The Morgan fingerprint density at radius 3 is 2.95 bits per heavy atom. The van der Waals surface area contributed by atoms with Gasteiger partial charge in [0.1, 0.15) is 11.6 Å². The molecule has 0 aliphatic rings. The van der Waals surface area contributed by atoms with E-state index in [1.54, 1.807) is 11.6 Å². The number of anilines is 1. The Morgan fingerprint density at radius 1 is 1.37 bits per heavy atom. The summed E-state index contributed by atoms with van der Waals surface area (Å²) in [6.07, 6.45) is 0. The lowest BCUT2D eigenvalue weighted by Crippen LogP contribution is -1.97. The van der Waals surface area contributed by atoms with E-state index in [0.717, 1.165) is 20.0 Å². The molecule has 0 radical (unpaired) electrons. The fraction of sp³-hybridized carbons (Fsp3) is 0.182. The highest BCUT2D eigenvalue weighted by Gasteiger charge is 2.13. The molecular formula is C11H10BrN5OS. The van der Waals surface area contributed by atoms with Crippen molar-refractivity contribution in [2.45, 2.75) is 6.61 Å². The first-order chi connectivity index (χ1) is 9.17. The van der Waals surface area contributed by atoms with Gasteiger partial charge in [0.05, 0.1) is 0 Å². The van der Waals surface area contributed by atoms with Gasteiger partial charge < -0.3 is 10.5 Å². The van der Waals surface area contributed by atoms with Gasteiger partial charge in [-0.3, -0.25) is 0 Å². The summed E-state index contributed by atoms with van der Waals surface area (Å²) in [7, 11) is 1.61. The molecule has 0 saturated carbocycles. The standard InChI is InChI=1S/C11H10BrN5OS/c1-18-5-9-14-15-11-17(9)16-10(19-11)6-2-7(12)4-8(13)3-6/h2-4H,5,13H2,1H3. The minimum atomic E-state index is 0.380. The van der Waals surface area contributed by atoms with Crippen LogP contribution >= 0.6 is 27.3 Å². The van der Waals surface area contributed by atoms with Gasteiger partial charge in [-0.15, -0.1) is 10.2 Å². The summed E-state index contributed by atoms with van der Waals surface area (Å²) in [6.45, 7) is 0.380. The Morgan fingerprint density at radius 2 is 2.21 bits per heavy atom. The highest BCUT2D eigenvalue weighted by atomic mass is 79.9. The highest BCUT2D eigenvalue weighted by Crippen LogP contribution is 2.29. The molecule has 98 valence electrons. The molecule has 0 fully saturated rings. The van der Waals surface area contributed by atoms with Gasteiger partial charge in [0, 0.05) is 22.8 Å². The fourth-order valence-corrected chi connectivity index (χ4v) is 3.09. The first kappa shape index (κ1) is 12.5. The van der Waals surface area contributed by atoms with Crippen molar-refractivity contribution >= 4 is 37.9 Å². The Bertz CT molecular complexity index is 718. The Kier molecular flexibility index (Phi) is 3.21. The zero-order valence-corrected chi connectivity index (χ0v) is 12.4. The number of hydrogen-bond donors (Lipinski definition) is 1. The van der Waals surface area contributed by atoms with Crippen LogP contribution in [0.5, 0.6) is 0 Å². The van der Waals surface area contributed by atoms with Gasteiger partial charge in [-0.05, 0) is 18.2 Å². The molecule has 2 heterocycles. The zero-order valence-electron chi connectivity index (χ0n) is 10.00. The monoisotopic (exact) mass is 339 g/mol. The van der Waals surface area contributed by atoms with Crippen LogP contribution < -0.4 is 5.73 Å². The van der Waals surface area contributed by atoms with Crippen molar-refractivity contribution in [3.63, 3.8) is 0 Å². The molecule has 0 aliphatic heterocycles. The van der Waals surface area contributed by atoms with Crippen LogP contribution in [0.3, 0.4) is 0 Å². The molecule has 3 rings (SSSR count). The first-order valence-electron chi connectivity index (χ1n) is 5.44. The Hall–Kier alpha value is -1.51. The van der Waals surface area contributed by atoms with Crippen molar-refractivity contribution in [1.82, 2.24) is 19.8 Å². The second-order valence-electron chi connectivity index (χ2n) is 3.92. The quantitative estimate of drug-likeness (QED) is 0.741.